The first-order valence-electron chi connectivity index (χ1n) is 18.0. The quantitative estimate of drug-likeness (QED) is 0.186. The average molecular weight is 681 g/mol. The fourth-order valence-corrected chi connectivity index (χ4v) is 8.46. The van der Waals surface area contributed by atoms with Crippen LogP contribution in [0.4, 0.5) is 0 Å². The zero-order valence-electron chi connectivity index (χ0n) is 29.2. The fraction of sp³-hybridized carbons (Fsp3) is 0.0625. The van der Waals surface area contributed by atoms with Crippen LogP contribution in [-0.4, -0.2) is 19.5 Å². The highest BCUT2D eigenvalue weighted by Crippen LogP contribution is 2.51. The van der Waals surface area contributed by atoms with E-state index >= 15 is 0 Å². The Morgan fingerprint density at radius 1 is 0.453 bits per heavy atom. The van der Waals surface area contributed by atoms with Crippen LogP contribution in [0.15, 0.2) is 162 Å². The topological polar surface area (TPSA) is 56.7 Å². The van der Waals surface area contributed by atoms with E-state index in [4.69, 9.17) is 19.4 Å². The summed E-state index contributed by atoms with van der Waals surface area (Å²) in [5.74, 6) is 1.71. The molecule has 0 aliphatic heterocycles. The van der Waals surface area contributed by atoms with Crippen molar-refractivity contribution < 1.29 is 4.42 Å². The molecule has 0 saturated heterocycles. The van der Waals surface area contributed by atoms with E-state index in [0.29, 0.717) is 17.6 Å². The molecule has 0 saturated carbocycles. The molecule has 1 aliphatic rings. The summed E-state index contributed by atoms with van der Waals surface area (Å²) in [5.41, 5.74) is 12.8. The minimum atomic E-state index is -0.117. The molecule has 1 aliphatic carbocycles. The zero-order chi connectivity index (χ0) is 35.3. The lowest BCUT2D eigenvalue weighted by molar-refractivity contribution is 0.661. The Bertz CT molecular complexity index is 3080. The van der Waals surface area contributed by atoms with Gasteiger partial charge in [0.25, 0.3) is 0 Å². The smallest absolute Gasteiger partial charge is 0.238 e. The van der Waals surface area contributed by atoms with Gasteiger partial charge in [-0.25, -0.2) is 4.98 Å². The third-order valence-corrected chi connectivity index (χ3v) is 11.1. The van der Waals surface area contributed by atoms with E-state index < -0.39 is 0 Å². The van der Waals surface area contributed by atoms with Gasteiger partial charge in [-0.2, -0.15) is 9.97 Å². The predicted molar refractivity (Wildman–Crippen MR) is 215 cm³/mol. The molecule has 0 bridgehead atoms. The molecule has 3 heterocycles. The largest absolute Gasteiger partial charge is 0.455 e. The van der Waals surface area contributed by atoms with Crippen molar-refractivity contribution in [2.45, 2.75) is 19.3 Å². The number of hydrogen-bond donors (Lipinski definition) is 0. The molecule has 5 heteroatoms. The number of para-hydroxylation sites is 3. The van der Waals surface area contributed by atoms with E-state index in [1.807, 2.05) is 30.3 Å². The van der Waals surface area contributed by atoms with Gasteiger partial charge in [0.2, 0.25) is 5.95 Å². The second kappa shape index (κ2) is 11.1. The molecule has 250 valence electrons. The highest BCUT2D eigenvalue weighted by molar-refractivity contribution is 6.12. The van der Waals surface area contributed by atoms with Gasteiger partial charge >= 0.3 is 0 Å². The fourth-order valence-electron chi connectivity index (χ4n) is 8.46. The molecule has 0 fully saturated rings. The molecule has 7 aromatic carbocycles. The molecular formula is C48H32N4O. The molecule has 0 atom stereocenters. The molecule has 0 radical (unpaired) electrons. The zero-order valence-corrected chi connectivity index (χ0v) is 29.2. The number of nitrogens with zero attached hydrogens (tertiary/aromatic N) is 4. The average Bonchev–Trinajstić information content (AvgIpc) is 3.83. The highest BCUT2D eigenvalue weighted by Gasteiger charge is 2.36. The van der Waals surface area contributed by atoms with Crippen molar-refractivity contribution in [3.63, 3.8) is 0 Å². The first kappa shape index (κ1) is 29.8. The summed E-state index contributed by atoms with van der Waals surface area (Å²) < 4.78 is 8.73. The molecule has 11 rings (SSSR count). The highest BCUT2D eigenvalue weighted by atomic mass is 16.3. The summed E-state index contributed by atoms with van der Waals surface area (Å²) in [7, 11) is 0. The van der Waals surface area contributed by atoms with Crippen LogP contribution in [0.2, 0.25) is 0 Å². The lowest BCUT2D eigenvalue weighted by Crippen LogP contribution is -2.14. The molecule has 0 N–H and O–H groups in total. The summed E-state index contributed by atoms with van der Waals surface area (Å²) >= 11 is 0. The molecule has 53 heavy (non-hydrogen) atoms. The van der Waals surface area contributed by atoms with Gasteiger partial charge in [-0.1, -0.05) is 141 Å². The van der Waals surface area contributed by atoms with Crippen molar-refractivity contribution in [3.05, 3.63) is 169 Å². The Balaban J connectivity index is 1.19. The van der Waals surface area contributed by atoms with Crippen LogP contribution < -0.4 is 0 Å². The summed E-state index contributed by atoms with van der Waals surface area (Å²) in [6.07, 6.45) is 0. The van der Waals surface area contributed by atoms with Crippen LogP contribution in [0.3, 0.4) is 0 Å². The van der Waals surface area contributed by atoms with Crippen molar-refractivity contribution >= 4 is 43.7 Å². The maximum atomic E-state index is 6.52. The Morgan fingerprint density at radius 2 is 1.11 bits per heavy atom. The first-order chi connectivity index (χ1) is 26.0. The molecule has 5 nitrogen and oxygen atoms in total. The second-order valence-electron chi connectivity index (χ2n) is 14.4. The van der Waals surface area contributed by atoms with Gasteiger partial charge in [-0.05, 0) is 63.7 Å². The summed E-state index contributed by atoms with van der Waals surface area (Å²) in [6.45, 7) is 4.66. The first-order valence-corrected chi connectivity index (χ1v) is 18.0. The van der Waals surface area contributed by atoms with E-state index in [-0.39, 0.29) is 5.41 Å². The summed E-state index contributed by atoms with van der Waals surface area (Å²) in [4.78, 5) is 15.8. The maximum Gasteiger partial charge on any atom is 0.238 e. The summed E-state index contributed by atoms with van der Waals surface area (Å²) in [5, 5.41) is 4.43. The van der Waals surface area contributed by atoms with Crippen molar-refractivity contribution in [1.82, 2.24) is 19.5 Å². The Kier molecular flexibility index (Phi) is 6.23. The minimum absolute atomic E-state index is 0.117. The molecule has 3 aromatic heterocycles. The summed E-state index contributed by atoms with van der Waals surface area (Å²) in [6, 6.07) is 55.3. The van der Waals surface area contributed by atoms with Gasteiger partial charge in [-0.15, -0.1) is 0 Å². The lowest BCUT2D eigenvalue weighted by atomic mass is 9.82. The van der Waals surface area contributed by atoms with Crippen LogP contribution in [0, 0.1) is 0 Å². The van der Waals surface area contributed by atoms with E-state index in [0.717, 1.165) is 60.6 Å². The van der Waals surface area contributed by atoms with Crippen LogP contribution in [0.25, 0.3) is 94.7 Å². The normalized spacial score (nSPS) is 13.2. The van der Waals surface area contributed by atoms with E-state index in [2.05, 4.69) is 146 Å². The SMILES string of the molecule is CC1(C)c2ccccc2-c2cc3c(cc21)c1ccccc1n3-c1nc(-c2ccc(-c3ccccc3)cc2)nc(-c2cccc3c2oc2ccccc23)n1. The Hall–Kier alpha value is -6.85. The molecule has 0 spiro atoms. The van der Waals surface area contributed by atoms with Crippen LogP contribution >= 0.6 is 0 Å². The predicted octanol–water partition coefficient (Wildman–Crippen LogP) is 12.2. The number of hydrogen-bond acceptors (Lipinski definition) is 4. The van der Waals surface area contributed by atoms with E-state index in [9.17, 15) is 0 Å². The molecular weight excluding hydrogens is 649 g/mol. The van der Waals surface area contributed by atoms with Gasteiger partial charge in [0, 0.05) is 32.5 Å². The third-order valence-electron chi connectivity index (χ3n) is 11.1. The molecule has 0 amide bonds. The number of aromatic nitrogens is 4. The number of furan rings is 1. The number of rotatable bonds is 4. The minimum Gasteiger partial charge on any atom is -0.455 e. The van der Waals surface area contributed by atoms with Crippen molar-refractivity contribution in [3.8, 4) is 51.0 Å². The lowest BCUT2D eigenvalue weighted by Gasteiger charge is -2.21. The standard InChI is InChI=1S/C48H32N4O/c1-48(2)39-20-9-6-15-32(39)37-28-42-38(27-40(37)48)33-16-7-10-21-41(33)52(42)47-50-45(31-25-23-30(24-26-31)29-13-4-3-5-14-29)49-46(51-47)36-19-12-18-35-34-17-8-11-22-43(34)53-44(35)36/h3-28H,1-2H3. The van der Waals surface area contributed by atoms with Gasteiger partial charge in [0.15, 0.2) is 11.6 Å². The van der Waals surface area contributed by atoms with Crippen LogP contribution in [-0.2, 0) is 5.41 Å². The Labute approximate surface area is 305 Å². The van der Waals surface area contributed by atoms with Crippen LogP contribution in [0.1, 0.15) is 25.0 Å². The van der Waals surface area contributed by atoms with E-state index in [1.165, 1.54) is 27.6 Å². The van der Waals surface area contributed by atoms with E-state index in [1.54, 1.807) is 0 Å². The van der Waals surface area contributed by atoms with Crippen LogP contribution in [0.5, 0.6) is 0 Å². The van der Waals surface area contributed by atoms with Gasteiger partial charge in [-0.3, -0.25) is 4.57 Å². The molecule has 0 unspecified atom stereocenters. The van der Waals surface area contributed by atoms with Crippen molar-refractivity contribution in [2.75, 3.05) is 0 Å². The van der Waals surface area contributed by atoms with Gasteiger partial charge in [0.05, 0.1) is 16.6 Å². The molecule has 10 aromatic rings. The van der Waals surface area contributed by atoms with Crippen molar-refractivity contribution in [1.29, 1.82) is 0 Å². The van der Waals surface area contributed by atoms with Gasteiger partial charge < -0.3 is 4.42 Å². The number of fused-ring (bicyclic) bond motifs is 9. The maximum absolute atomic E-state index is 6.52. The van der Waals surface area contributed by atoms with Gasteiger partial charge in [0.1, 0.15) is 11.2 Å². The second-order valence-corrected chi connectivity index (χ2v) is 14.4. The third kappa shape index (κ3) is 4.40. The van der Waals surface area contributed by atoms with Crippen molar-refractivity contribution in [2.24, 2.45) is 0 Å². The number of benzene rings is 7. The monoisotopic (exact) mass is 680 g/mol. The Morgan fingerprint density at radius 3 is 1.98 bits per heavy atom.